The van der Waals surface area contributed by atoms with E-state index in [1.165, 1.54) is 44.9 Å². The van der Waals surface area contributed by atoms with Crippen LogP contribution in [0.25, 0.3) is 0 Å². The van der Waals surface area contributed by atoms with Crippen molar-refractivity contribution in [1.82, 2.24) is 10.2 Å². The molecule has 0 spiro atoms. The van der Waals surface area contributed by atoms with Crippen molar-refractivity contribution < 1.29 is 0 Å². The molecule has 1 aliphatic rings. The third-order valence-electron chi connectivity index (χ3n) is 3.34. The predicted molar refractivity (Wildman–Crippen MR) is 78.7 cm³/mol. The molecule has 0 saturated heterocycles. The van der Waals surface area contributed by atoms with Crippen molar-refractivity contribution in [3.05, 3.63) is 24.6 Å². The zero-order valence-electron chi connectivity index (χ0n) is 11.9. The average molecular weight is 251 g/mol. The monoisotopic (exact) mass is 251 g/mol. The molecule has 0 radical (unpaired) electrons. The molecule has 3 heteroatoms. The van der Waals surface area contributed by atoms with E-state index >= 15 is 0 Å². The van der Waals surface area contributed by atoms with Gasteiger partial charge in [-0.1, -0.05) is 31.9 Å². The maximum atomic E-state index is 5.91. The Labute approximate surface area is 112 Å². The maximum absolute atomic E-state index is 5.91. The van der Waals surface area contributed by atoms with Gasteiger partial charge in [0.25, 0.3) is 0 Å². The summed E-state index contributed by atoms with van der Waals surface area (Å²) in [6, 6.07) is 0. The highest BCUT2D eigenvalue weighted by molar-refractivity contribution is 4.95. The van der Waals surface area contributed by atoms with E-state index in [9.17, 15) is 0 Å². The fourth-order valence-corrected chi connectivity index (χ4v) is 2.26. The van der Waals surface area contributed by atoms with Crippen LogP contribution in [0, 0.1) is 0 Å². The van der Waals surface area contributed by atoms with Gasteiger partial charge in [0.2, 0.25) is 0 Å². The molecule has 1 heterocycles. The summed E-state index contributed by atoms with van der Waals surface area (Å²) in [5.74, 6) is 0. The highest BCUT2D eigenvalue weighted by Gasteiger charge is 2.20. The number of allylic oxidation sites excluding steroid dienone is 2. The van der Waals surface area contributed by atoms with E-state index in [1.54, 1.807) is 0 Å². The Morgan fingerprint density at radius 3 is 2.78 bits per heavy atom. The molecule has 104 valence electrons. The summed E-state index contributed by atoms with van der Waals surface area (Å²) in [4.78, 5) is 2.20. The van der Waals surface area contributed by atoms with Crippen molar-refractivity contribution in [3.63, 3.8) is 0 Å². The van der Waals surface area contributed by atoms with E-state index in [2.05, 4.69) is 35.5 Å². The minimum Gasteiger partial charge on any atom is -0.370 e. The number of nitrogens with one attached hydrogen (secondary N) is 1. The molecular weight excluding hydrogens is 222 g/mol. The van der Waals surface area contributed by atoms with E-state index in [-0.39, 0.29) is 6.17 Å². The van der Waals surface area contributed by atoms with Crippen LogP contribution in [0.5, 0.6) is 0 Å². The van der Waals surface area contributed by atoms with Crippen LogP contribution in [0.2, 0.25) is 0 Å². The molecule has 0 aromatic carbocycles. The SMILES string of the molecule is CCC/C=C/CCCCCC1NC=CN1C(C)N. The van der Waals surface area contributed by atoms with Crippen LogP contribution in [0.15, 0.2) is 24.6 Å². The lowest BCUT2D eigenvalue weighted by Gasteiger charge is -2.28. The Morgan fingerprint density at radius 1 is 1.28 bits per heavy atom. The number of nitrogens with two attached hydrogens (primary N) is 1. The smallest absolute Gasteiger partial charge is 0.0995 e. The lowest BCUT2D eigenvalue weighted by molar-refractivity contribution is 0.208. The molecule has 2 atom stereocenters. The van der Waals surface area contributed by atoms with Crippen molar-refractivity contribution in [3.8, 4) is 0 Å². The van der Waals surface area contributed by atoms with Gasteiger partial charge in [-0.15, -0.1) is 0 Å². The standard InChI is InChI=1S/C15H29N3/c1-3-4-5-6-7-8-9-10-11-15-17-12-13-18(15)14(2)16/h5-6,12-15,17H,3-4,7-11,16H2,1-2H3/b6-5+. The van der Waals surface area contributed by atoms with Crippen molar-refractivity contribution in [2.24, 2.45) is 5.73 Å². The van der Waals surface area contributed by atoms with Crippen LogP contribution in [-0.2, 0) is 0 Å². The first-order valence-corrected chi connectivity index (χ1v) is 7.36. The fraction of sp³-hybridized carbons (Fsp3) is 0.733. The Morgan fingerprint density at radius 2 is 2.06 bits per heavy atom. The molecule has 0 amide bonds. The first-order valence-electron chi connectivity index (χ1n) is 7.36. The number of hydrogen-bond acceptors (Lipinski definition) is 3. The molecule has 3 N–H and O–H groups in total. The summed E-state index contributed by atoms with van der Waals surface area (Å²) < 4.78 is 0. The third kappa shape index (κ3) is 5.58. The number of unbranched alkanes of at least 4 members (excludes halogenated alkanes) is 4. The van der Waals surface area contributed by atoms with Gasteiger partial charge < -0.3 is 16.0 Å². The molecular formula is C15H29N3. The van der Waals surface area contributed by atoms with E-state index < -0.39 is 0 Å². The second-order valence-electron chi connectivity index (χ2n) is 5.08. The number of nitrogens with zero attached hydrogens (tertiary/aromatic N) is 1. The van der Waals surface area contributed by atoms with E-state index in [4.69, 9.17) is 5.73 Å². The normalized spacial score (nSPS) is 20.6. The molecule has 0 fully saturated rings. The molecule has 0 bridgehead atoms. The van der Waals surface area contributed by atoms with Crippen LogP contribution in [0.4, 0.5) is 0 Å². The lowest BCUT2D eigenvalue weighted by atomic mass is 10.1. The van der Waals surface area contributed by atoms with Gasteiger partial charge in [0.05, 0.1) is 12.3 Å². The minimum atomic E-state index is 0.0956. The van der Waals surface area contributed by atoms with E-state index in [0.717, 1.165) is 0 Å². The maximum Gasteiger partial charge on any atom is 0.0995 e. The summed E-state index contributed by atoms with van der Waals surface area (Å²) in [5, 5.41) is 3.36. The summed E-state index contributed by atoms with van der Waals surface area (Å²) in [7, 11) is 0. The first-order chi connectivity index (χ1) is 8.75. The van der Waals surface area contributed by atoms with Gasteiger partial charge in [-0.25, -0.2) is 0 Å². The molecule has 0 aliphatic carbocycles. The van der Waals surface area contributed by atoms with E-state index in [0.29, 0.717) is 6.17 Å². The number of hydrogen-bond donors (Lipinski definition) is 2. The highest BCUT2D eigenvalue weighted by Crippen LogP contribution is 2.14. The van der Waals surface area contributed by atoms with E-state index in [1.807, 2.05) is 13.1 Å². The third-order valence-corrected chi connectivity index (χ3v) is 3.34. The molecule has 1 rings (SSSR count). The Balaban J connectivity index is 2.01. The summed E-state index contributed by atoms with van der Waals surface area (Å²) >= 11 is 0. The zero-order chi connectivity index (χ0) is 13.2. The summed E-state index contributed by atoms with van der Waals surface area (Å²) in [6.45, 7) is 4.25. The molecule has 1 aliphatic heterocycles. The van der Waals surface area contributed by atoms with Crippen LogP contribution < -0.4 is 11.1 Å². The van der Waals surface area contributed by atoms with Gasteiger partial charge in [0, 0.05) is 12.4 Å². The first kappa shape index (κ1) is 15.1. The quantitative estimate of drug-likeness (QED) is 0.488. The van der Waals surface area contributed by atoms with Gasteiger partial charge in [0.1, 0.15) is 0 Å². The topological polar surface area (TPSA) is 41.3 Å². The molecule has 3 nitrogen and oxygen atoms in total. The van der Waals surface area contributed by atoms with Crippen LogP contribution in [0.3, 0.4) is 0 Å². The Hall–Kier alpha value is -0.960. The second-order valence-corrected chi connectivity index (χ2v) is 5.08. The summed E-state index contributed by atoms with van der Waals surface area (Å²) in [5.41, 5.74) is 5.91. The average Bonchev–Trinajstić information content (AvgIpc) is 2.81. The lowest BCUT2D eigenvalue weighted by Crippen LogP contribution is -2.44. The van der Waals surface area contributed by atoms with Crippen molar-refractivity contribution in [1.29, 1.82) is 0 Å². The Kier molecular flexibility index (Phi) is 7.58. The van der Waals surface area contributed by atoms with Crippen molar-refractivity contribution in [2.75, 3.05) is 0 Å². The molecule has 0 aromatic rings. The predicted octanol–water partition coefficient (Wildman–Crippen LogP) is 3.30. The highest BCUT2D eigenvalue weighted by atomic mass is 15.3. The fourth-order valence-electron chi connectivity index (χ4n) is 2.26. The van der Waals surface area contributed by atoms with Gasteiger partial charge in [-0.2, -0.15) is 0 Å². The largest absolute Gasteiger partial charge is 0.370 e. The van der Waals surface area contributed by atoms with Crippen molar-refractivity contribution in [2.45, 2.75) is 71.1 Å². The second kappa shape index (κ2) is 9.03. The van der Waals surface area contributed by atoms with Gasteiger partial charge >= 0.3 is 0 Å². The van der Waals surface area contributed by atoms with Crippen LogP contribution in [-0.4, -0.2) is 17.2 Å². The molecule has 0 saturated carbocycles. The number of rotatable bonds is 9. The molecule has 18 heavy (non-hydrogen) atoms. The summed E-state index contributed by atoms with van der Waals surface area (Å²) in [6.07, 6.45) is 18.0. The zero-order valence-corrected chi connectivity index (χ0v) is 11.9. The van der Waals surface area contributed by atoms with Crippen molar-refractivity contribution >= 4 is 0 Å². The van der Waals surface area contributed by atoms with Crippen LogP contribution >= 0.6 is 0 Å². The Bertz CT molecular complexity index is 258. The van der Waals surface area contributed by atoms with Gasteiger partial charge in [-0.3, -0.25) is 0 Å². The van der Waals surface area contributed by atoms with Gasteiger partial charge in [-0.05, 0) is 39.0 Å². The molecule has 0 aromatic heterocycles. The molecule has 2 unspecified atom stereocenters. The van der Waals surface area contributed by atoms with Crippen LogP contribution in [0.1, 0.15) is 58.8 Å². The minimum absolute atomic E-state index is 0.0956. The van der Waals surface area contributed by atoms with Gasteiger partial charge in [0.15, 0.2) is 0 Å².